The van der Waals surface area contributed by atoms with Gasteiger partial charge in [-0.2, -0.15) is 0 Å². The van der Waals surface area contributed by atoms with E-state index in [2.05, 4.69) is 34.0 Å². The van der Waals surface area contributed by atoms with Crippen LogP contribution in [0, 0.1) is 19.7 Å². The fourth-order valence-electron chi connectivity index (χ4n) is 3.73. The van der Waals surface area contributed by atoms with Gasteiger partial charge in [-0.1, -0.05) is 26.0 Å². The fraction of sp³-hybridized carbons (Fsp3) is 0.375. The van der Waals surface area contributed by atoms with Crippen LogP contribution in [0.5, 0.6) is 5.75 Å². The number of nitrogens with zero attached hydrogens (tertiary/aromatic N) is 3. The van der Waals surface area contributed by atoms with Crippen LogP contribution >= 0.6 is 0 Å². The van der Waals surface area contributed by atoms with E-state index in [1.54, 1.807) is 7.11 Å². The maximum atomic E-state index is 14.2. The van der Waals surface area contributed by atoms with Gasteiger partial charge in [-0.25, -0.2) is 14.4 Å². The van der Waals surface area contributed by atoms with Crippen molar-refractivity contribution in [2.45, 2.75) is 33.7 Å². The summed E-state index contributed by atoms with van der Waals surface area (Å²) in [7, 11) is 1.63. The minimum atomic E-state index is -0.511. The molecule has 1 heterocycles. The zero-order chi connectivity index (χ0) is 22.5. The second-order valence-corrected chi connectivity index (χ2v) is 7.44. The zero-order valence-corrected chi connectivity index (χ0v) is 18.7. The Morgan fingerprint density at radius 2 is 1.84 bits per heavy atom. The van der Waals surface area contributed by atoms with E-state index in [1.165, 1.54) is 12.1 Å². The van der Waals surface area contributed by atoms with Crippen molar-refractivity contribution >= 4 is 16.9 Å². The normalized spacial score (nSPS) is 12.2. The number of hydrogen-bond acceptors (Lipinski definition) is 5. The number of ether oxygens (including phenoxy) is 1. The van der Waals surface area contributed by atoms with Gasteiger partial charge in [0.05, 0.1) is 35.6 Å². The Hall–Kier alpha value is -3.06. The maximum absolute atomic E-state index is 14.2. The minimum absolute atomic E-state index is 0.0519. The van der Waals surface area contributed by atoms with Gasteiger partial charge in [-0.3, -0.25) is 9.69 Å². The maximum Gasteiger partial charge on any atom is 0.253 e. The lowest BCUT2D eigenvalue weighted by Crippen LogP contribution is -2.38. The van der Waals surface area contributed by atoms with Crippen molar-refractivity contribution in [3.05, 3.63) is 64.7 Å². The summed E-state index contributed by atoms with van der Waals surface area (Å²) in [5, 5.41) is 2.98. The molecule has 1 atom stereocenters. The lowest BCUT2D eigenvalue weighted by atomic mass is 10.0. The van der Waals surface area contributed by atoms with Crippen LogP contribution in [-0.2, 0) is 0 Å². The molecule has 1 unspecified atom stereocenters. The Balaban J connectivity index is 1.91. The van der Waals surface area contributed by atoms with Gasteiger partial charge >= 0.3 is 0 Å². The lowest BCUT2D eigenvalue weighted by molar-refractivity contribution is 0.0936. The Kier molecular flexibility index (Phi) is 7.17. The summed E-state index contributed by atoms with van der Waals surface area (Å²) in [5.74, 6) is -0.122. The molecule has 3 rings (SSSR count). The van der Waals surface area contributed by atoms with Gasteiger partial charge in [0, 0.05) is 12.6 Å². The summed E-state index contributed by atoms with van der Waals surface area (Å²) in [6, 6.07) is 10.3. The van der Waals surface area contributed by atoms with Crippen molar-refractivity contribution in [1.29, 1.82) is 0 Å². The van der Waals surface area contributed by atoms with Gasteiger partial charge in [0.2, 0.25) is 0 Å². The molecule has 1 N–H and O–H groups in total. The molecule has 0 radical (unpaired) electrons. The third-order valence-corrected chi connectivity index (χ3v) is 5.58. The molecule has 0 aliphatic carbocycles. The van der Waals surface area contributed by atoms with E-state index < -0.39 is 5.82 Å². The smallest absolute Gasteiger partial charge is 0.253 e. The SMILES string of the molecule is CCN(CC)C(CNC(=O)c1cc(F)cc2nc(C)c(C)nc12)c1cccc(OC)c1. The molecule has 0 spiro atoms. The van der Waals surface area contributed by atoms with Crippen LogP contribution in [0.3, 0.4) is 0 Å². The first kappa shape index (κ1) is 22.6. The highest BCUT2D eigenvalue weighted by atomic mass is 19.1. The standard InChI is InChI=1S/C24H29FN4O2/c1-6-29(7-2)22(17-9-8-10-19(11-17)31-5)14-26-24(30)20-12-18(25)13-21-23(20)28-16(4)15(3)27-21/h8-13,22H,6-7,14H2,1-5H3,(H,26,30). The molecule has 3 aromatic rings. The molecule has 164 valence electrons. The van der Waals surface area contributed by atoms with E-state index in [4.69, 9.17) is 4.74 Å². The fourth-order valence-corrected chi connectivity index (χ4v) is 3.73. The van der Waals surface area contributed by atoms with Gasteiger partial charge < -0.3 is 10.1 Å². The molecule has 31 heavy (non-hydrogen) atoms. The highest BCUT2D eigenvalue weighted by Crippen LogP contribution is 2.24. The minimum Gasteiger partial charge on any atom is -0.497 e. The predicted molar refractivity (Wildman–Crippen MR) is 120 cm³/mol. The summed E-state index contributed by atoms with van der Waals surface area (Å²) in [6.45, 7) is 9.81. The number of rotatable bonds is 8. The molecule has 0 saturated carbocycles. The molecule has 2 aromatic carbocycles. The number of aromatic nitrogens is 2. The van der Waals surface area contributed by atoms with E-state index in [-0.39, 0.29) is 17.5 Å². The van der Waals surface area contributed by atoms with E-state index in [9.17, 15) is 9.18 Å². The molecule has 0 aliphatic heterocycles. The molecule has 6 nitrogen and oxygen atoms in total. The first-order valence-electron chi connectivity index (χ1n) is 10.5. The summed E-state index contributed by atoms with van der Waals surface area (Å²) in [6.07, 6.45) is 0. The van der Waals surface area contributed by atoms with Crippen LogP contribution in [-0.4, -0.2) is 47.5 Å². The number of nitrogens with one attached hydrogen (secondary N) is 1. The Morgan fingerprint density at radius 3 is 2.52 bits per heavy atom. The van der Waals surface area contributed by atoms with Gasteiger partial charge in [-0.15, -0.1) is 0 Å². The topological polar surface area (TPSA) is 67.4 Å². The number of carbonyl (C=O) groups is 1. The number of hydrogen-bond donors (Lipinski definition) is 1. The number of amides is 1. The van der Waals surface area contributed by atoms with Crippen molar-refractivity contribution in [3.63, 3.8) is 0 Å². The monoisotopic (exact) mass is 424 g/mol. The highest BCUT2D eigenvalue weighted by molar-refractivity contribution is 6.04. The first-order valence-corrected chi connectivity index (χ1v) is 10.5. The second-order valence-electron chi connectivity index (χ2n) is 7.44. The number of aryl methyl sites for hydroxylation is 2. The summed E-state index contributed by atoms with van der Waals surface area (Å²) >= 11 is 0. The Bertz CT molecular complexity index is 1080. The third-order valence-electron chi connectivity index (χ3n) is 5.58. The number of benzene rings is 2. The largest absolute Gasteiger partial charge is 0.497 e. The molecular weight excluding hydrogens is 395 g/mol. The van der Waals surface area contributed by atoms with E-state index in [0.717, 1.165) is 24.4 Å². The number of fused-ring (bicyclic) bond motifs is 1. The van der Waals surface area contributed by atoms with Crippen LogP contribution in [0.1, 0.15) is 47.2 Å². The van der Waals surface area contributed by atoms with Crippen LogP contribution in [0.2, 0.25) is 0 Å². The molecule has 0 bridgehead atoms. The van der Waals surface area contributed by atoms with Gasteiger partial charge in [0.25, 0.3) is 5.91 Å². The van der Waals surface area contributed by atoms with E-state index >= 15 is 0 Å². The highest BCUT2D eigenvalue weighted by Gasteiger charge is 2.21. The molecule has 1 aromatic heterocycles. The molecule has 0 fully saturated rings. The van der Waals surface area contributed by atoms with E-state index in [1.807, 2.05) is 38.1 Å². The molecule has 0 aliphatic rings. The summed E-state index contributed by atoms with van der Waals surface area (Å²) in [4.78, 5) is 24.2. The lowest BCUT2D eigenvalue weighted by Gasteiger charge is -2.30. The average molecular weight is 425 g/mol. The molecule has 1 amide bonds. The van der Waals surface area contributed by atoms with Crippen LogP contribution in [0.4, 0.5) is 4.39 Å². The number of likely N-dealkylation sites (N-methyl/N-ethyl adjacent to an activating group) is 1. The number of methoxy groups -OCH3 is 1. The predicted octanol–water partition coefficient (Wildman–Crippen LogP) is 4.21. The Morgan fingerprint density at radius 1 is 1.13 bits per heavy atom. The van der Waals surface area contributed by atoms with Crippen molar-refractivity contribution in [2.24, 2.45) is 0 Å². The van der Waals surface area contributed by atoms with Crippen LogP contribution in [0.25, 0.3) is 11.0 Å². The quantitative estimate of drug-likeness (QED) is 0.587. The number of carbonyl (C=O) groups excluding carboxylic acids is 1. The van der Waals surface area contributed by atoms with E-state index in [0.29, 0.717) is 29.0 Å². The third kappa shape index (κ3) is 4.99. The van der Waals surface area contributed by atoms with Crippen LogP contribution < -0.4 is 10.1 Å². The number of halogens is 1. The average Bonchev–Trinajstić information content (AvgIpc) is 2.77. The molecule has 0 saturated heterocycles. The van der Waals surface area contributed by atoms with Gasteiger partial charge in [-0.05, 0) is 50.7 Å². The molecular formula is C24H29FN4O2. The van der Waals surface area contributed by atoms with Crippen molar-refractivity contribution in [2.75, 3.05) is 26.7 Å². The second kappa shape index (κ2) is 9.83. The van der Waals surface area contributed by atoms with Crippen molar-refractivity contribution in [3.8, 4) is 5.75 Å². The van der Waals surface area contributed by atoms with Gasteiger partial charge in [0.15, 0.2) is 0 Å². The summed E-state index contributed by atoms with van der Waals surface area (Å²) < 4.78 is 19.6. The first-order chi connectivity index (χ1) is 14.9. The van der Waals surface area contributed by atoms with Crippen molar-refractivity contribution < 1.29 is 13.9 Å². The van der Waals surface area contributed by atoms with Crippen molar-refractivity contribution in [1.82, 2.24) is 20.2 Å². The van der Waals surface area contributed by atoms with Gasteiger partial charge in [0.1, 0.15) is 17.1 Å². The zero-order valence-electron chi connectivity index (χ0n) is 18.7. The summed E-state index contributed by atoms with van der Waals surface area (Å²) in [5.41, 5.74) is 3.44. The Labute approximate surface area is 182 Å². The van der Waals surface area contributed by atoms with Crippen LogP contribution in [0.15, 0.2) is 36.4 Å². The molecule has 7 heteroatoms.